The van der Waals surface area contributed by atoms with Crippen molar-refractivity contribution in [3.05, 3.63) is 11.3 Å². The summed E-state index contributed by atoms with van der Waals surface area (Å²) in [6, 6.07) is 0.261. The lowest BCUT2D eigenvalue weighted by Gasteiger charge is -2.20. The first kappa shape index (κ1) is 19.2. The van der Waals surface area contributed by atoms with Gasteiger partial charge in [-0.05, 0) is 19.3 Å². The Morgan fingerprint density at radius 1 is 1.11 bits per heavy atom. The second-order valence-electron chi connectivity index (χ2n) is 6.69. The van der Waals surface area contributed by atoms with Gasteiger partial charge in [-0.25, -0.2) is 0 Å². The van der Waals surface area contributed by atoms with Gasteiger partial charge in [-0.15, -0.1) is 11.6 Å². The maximum atomic E-state index is 6.39. The Morgan fingerprint density at radius 2 is 1.74 bits per heavy atom. The number of rotatable bonds is 11. The first-order valence-electron chi connectivity index (χ1n) is 7.94. The third kappa shape index (κ3) is 11.7. The lowest BCUT2D eigenvalue weighted by Crippen LogP contribution is -2.27. The van der Waals surface area contributed by atoms with Crippen LogP contribution in [0, 0.1) is 0 Å². The summed E-state index contributed by atoms with van der Waals surface area (Å²) >= 11 is 5.83. The van der Waals surface area contributed by atoms with Gasteiger partial charge in [0.2, 0.25) is 0 Å². The minimum Gasteiger partial charge on any atom is -0.324 e. The van der Waals surface area contributed by atoms with Gasteiger partial charge in [0, 0.05) is 11.9 Å². The topological polar surface area (TPSA) is 26.0 Å². The number of unbranched alkanes of at least 4 members (excludes halogenated alkanes) is 4. The molecule has 0 amide bonds. The van der Waals surface area contributed by atoms with Crippen molar-refractivity contribution in [3.8, 4) is 0 Å². The fourth-order valence-corrected chi connectivity index (χ4v) is 3.95. The molecule has 19 heavy (non-hydrogen) atoms. The van der Waals surface area contributed by atoms with Gasteiger partial charge >= 0.3 is 0 Å². The molecule has 0 fully saturated rings. The molecule has 0 aliphatic heterocycles. The highest BCUT2D eigenvalue weighted by Crippen LogP contribution is 2.19. The van der Waals surface area contributed by atoms with Crippen LogP contribution in [-0.4, -0.2) is 20.0 Å². The summed E-state index contributed by atoms with van der Waals surface area (Å²) in [5.41, 5.74) is 10.4. The summed E-state index contributed by atoms with van der Waals surface area (Å²) in [5, 5.41) is 0. The van der Waals surface area contributed by atoms with Gasteiger partial charge in [0.25, 0.3) is 0 Å². The molecule has 0 spiro atoms. The minimum absolute atomic E-state index is 0.261. The van der Waals surface area contributed by atoms with Crippen LogP contribution in [0.3, 0.4) is 0 Å². The van der Waals surface area contributed by atoms with E-state index in [1.54, 1.807) is 0 Å². The fraction of sp³-hybridized carbons (Fsp3) is 0.875. The normalized spacial score (nSPS) is 14.7. The molecule has 2 N–H and O–H groups in total. The Kier molecular flexibility index (Phi) is 11.1. The van der Waals surface area contributed by atoms with Gasteiger partial charge in [-0.2, -0.15) is 0 Å². The monoisotopic (exact) mass is 303 g/mol. The molecule has 0 radical (unpaired) electrons. The zero-order valence-electron chi connectivity index (χ0n) is 13.5. The summed E-state index contributed by atoms with van der Waals surface area (Å²) in [5.74, 6) is 0.742. The Hall–Kier alpha value is 0.207. The van der Waals surface area contributed by atoms with Gasteiger partial charge in [0.1, 0.15) is 0 Å². The molecule has 0 heterocycles. The second-order valence-corrected chi connectivity index (χ2v) is 12.1. The SMILES string of the molecule is CCCCCCCC(N)/C(=C/[Si](C)(C)C)CCCCl. The maximum Gasteiger partial charge on any atom is 0.0687 e. The standard InChI is InChI=1S/C16H34ClNSi/c1-5-6-7-8-9-12-16(18)15(11-10-13-17)14-19(2,3)4/h14,16H,5-13,18H2,1-4H3/b15-14+. The molecule has 1 unspecified atom stereocenters. The van der Waals surface area contributed by atoms with Crippen LogP contribution in [0.2, 0.25) is 19.6 Å². The summed E-state index contributed by atoms with van der Waals surface area (Å²) in [4.78, 5) is 0. The van der Waals surface area contributed by atoms with E-state index in [1.165, 1.54) is 37.7 Å². The molecule has 3 heteroatoms. The van der Waals surface area contributed by atoms with Crippen LogP contribution >= 0.6 is 11.6 Å². The molecule has 0 aromatic heterocycles. The van der Waals surface area contributed by atoms with Crippen molar-refractivity contribution in [1.29, 1.82) is 0 Å². The lowest BCUT2D eigenvalue weighted by atomic mass is 9.98. The molecule has 1 atom stereocenters. The van der Waals surface area contributed by atoms with E-state index < -0.39 is 8.07 Å². The fourth-order valence-electron chi connectivity index (χ4n) is 2.34. The van der Waals surface area contributed by atoms with E-state index in [1.807, 2.05) is 0 Å². The van der Waals surface area contributed by atoms with Crippen molar-refractivity contribution < 1.29 is 0 Å². The third-order valence-electron chi connectivity index (χ3n) is 3.31. The van der Waals surface area contributed by atoms with Crippen LogP contribution in [-0.2, 0) is 0 Å². The molecule has 0 aliphatic carbocycles. The Labute approximate surface area is 127 Å². The Bertz CT molecular complexity index is 246. The largest absolute Gasteiger partial charge is 0.324 e. The highest BCUT2D eigenvalue weighted by Gasteiger charge is 2.15. The Morgan fingerprint density at radius 3 is 2.26 bits per heavy atom. The molecule has 0 aromatic rings. The average Bonchev–Trinajstić information content (AvgIpc) is 2.32. The molecule has 0 rings (SSSR count). The summed E-state index contributed by atoms with van der Waals surface area (Å²) < 4.78 is 0. The molecule has 114 valence electrons. The van der Waals surface area contributed by atoms with Crippen molar-refractivity contribution >= 4 is 19.7 Å². The van der Waals surface area contributed by atoms with E-state index in [9.17, 15) is 0 Å². The average molecular weight is 304 g/mol. The molecule has 0 saturated carbocycles. The van der Waals surface area contributed by atoms with E-state index in [2.05, 4.69) is 32.3 Å². The van der Waals surface area contributed by atoms with Gasteiger partial charge < -0.3 is 5.73 Å². The molecule has 0 saturated heterocycles. The first-order chi connectivity index (χ1) is 8.90. The van der Waals surface area contributed by atoms with Crippen molar-refractivity contribution in [1.82, 2.24) is 0 Å². The second kappa shape index (κ2) is 10.9. The highest BCUT2D eigenvalue weighted by molar-refractivity contribution is 6.81. The van der Waals surface area contributed by atoms with Crippen LogP contribution in [0.25, 0.3) is 0 Å². The molecule has 0 aromatic carbocycles. The molecular weight excluding hydrogens is 270 g/mol. The zero-order chi connectivity index (χ0) is 14.7. The van der Waals surface area contributed by atoms with Crippen molar-refractivity contribution in [2.24, 2.45) is 5.73 Å². The quantitative estimate of drug-likeness (QED) is 0.304. The van der Waals surface area contributed by atoms with E-state index in [-0.39, 0.29) is 6.04 Å². The van der Waals surface area contributed by atoms with Crippen molar-refractivity contribution in [3.63, 3.8) is 0 Å². The number of nitrogens with two attached hydrogens (primary N) is 1. The van der Waals surface area contributed by atoms with E-state index in [4.69, 9.17) is 17.3 Å². The predicted octanol–water partition coefficient (Wildman–Crippen LogP) is 5.50. The van der Waals surface area contributed by atoms with Crippen LogP contribution in [0.15, 0.2) is 11.3 Å². The number of halogens is 1. The van der Waals surface area contributed by atoms with Gasteiger partial charge in [0.15, 0.2) is 0 Å². The smallest absolute Gasteiger partial charge is 0.0687 e. The molecule has 1 nitrogen and oxygen atoms in total. The van der Waals surface area contributed by atoms with Crippen LogP contribution in [0.1, 0.15) is 58.3 Å². The summed E-state index contributed by atoms with van der Waals surface area (Å²) in [6.45, 7) is 9.39. The van der Waals surface area contributed by atoms with Gasteiger partial charge in [-0.3, -0.25) is 0 Å². The number of hydrogen-bond acceptors (Lipinski definition) is 1. The van der Waals surface area contributed by atoms with Crippen molar-refractivity contribution in [2.75, 3.05) is 5.88 Å². The predicted molar refractivity (Wildman–Crippen MR) is 92.7 cm³/mol. The van der Waals surface area contributed by atoms with E-state index in [0.29, 0.717) is 0 Å². The molecule has 0 aliphatic rings. The highest BCUT2D eigenvalue weighted by atomic mass is 35.5. The van der Waals surface area contributed by atoms with E-state index in [0.717, 1.165) is 25.1 Å². The van der Waals surface area contributed by atoms with Crippen LogP contribution in [0.5, 0.6) is 0 Å². The number of alkyl halides is 1. The Balaban J connectivity index is 4.23. The summed E-state index contributed by atoms with van der Waals surface area (Å²) in [7, 11) is -1.18. The van der Waals surface area contributed by atoms with Crippen LogP contribution in [0.4, 0.5) is 0 Å². The lowest BCUT2D eigenvalue weighted by molar-refractivity contribution is 0.564. The molecular formula is C16H34ClNSi. The molecule has 0 bridgehead atoms. The van der Waals surface area contributed by atoms with Crippen LogP contribution < -0.4 is 5.73 Å². The maximum absolute atomic E-state index is 6.39. The van der Waals surface area contributed by atoms with Gasteiger partial charge in [0.05, 0.1) is 8.07 Å². The third-order valence-corrected chi connectivity index (χ3v) is 4.82. The number of hydrogen-bond donors (Lipinski definition) is 1. The first-order valence-corrected chi connectivity index (χ1v) is 12.0. The van der Waals surface area contributed by atoms with Gasteiger partial charge in [-0.1, -0.05) is 69.9 Å². The zero-order valence-corrected chi connectivity index (χ0v) is 15.2. The van der Waals surface area contributed by atoms with Crippen molar-refractivity contribution in [2.45, 2.75) is 84.0 Å². The van der Waals surface area contributed by atoms with E-state index >= 15 is 0 Å². The summed E-state index contributed by atoms with van der Waals surface area (Å²) in [6.07, 6.45) is 9.91. The minimum atomic E-state index is -1.18.